The van der Waals surface area contributed by atoms with E-state index in [1.54, 1.807) is 42.6 Å². The number of hydrogen-bond donors (Lipinski definition) is 0. The van der Waals surface area contributed by atoms with Crippen LogP contribution in [-0.4, -0.2) is 30.3 Å². The fraction of sp³-hybridized carbons (Fsp3) is 0.238. The van der Waals surface area contributed by atoms with Gasteiger partial charge in [0.2, 0.25) is 0 Å². The number of hydrogen-bond acceptors (Lipinski definition) is 6. The molecule has 0 unspecified atom stereocenters. The van der Waals surface area contributed by atoms with Gasteiger partial charge in [0.1, 0.15) is 6.61 Å². The molecule has 0 saturated carbocycles. The van der Waals surface area contributed by atoms with Crippen molar-refractivity contribution in [3.8, 4) is 11.5 Å². The van der Waals surface area contributed by atoms with Crippen LogP contribution in [0, 0.1) is 0 Å². The van der Waals surface area contributed by atoms with Crippen molar-refractivity contribution in [3.05, 3.63) is 64.6 Å². The Bertz CT molecular complexity index is 960. The van der Waals surface area contributed by atoms with E-state index in [0.717, 1.165) is 28.5 Å². The first-order valence-electron chi connectivity index (χ1n) is 8.98. The molecule has 0 saturated heterocycles. The summed E-state index contributed by atoms with van der Waals surface area (Å²) in [6.45, 7) is 1.07. The number of nitrogens with zero attached hydrogens (tertiary/aromatic N) is 2. The second-order valence-electron chi connectivity index (χ2n) is 6.26. The van der Waals surface area contributed by atoms with Gasteiger partial charge in [-0.05, 0) is 42.5 Å². The van der Waals surface area contributed by atoms with E-state index < -0.39 is 0 Å². The Morgan fingerprint density at radius 1 is 1.21 bits per heavy atom. The minimum absolute atomic E-state index is 0.0284. The molecule has 0 radical (unpaired) electrons. The molecule has 0 atom stereocenters. The lowest BCUT2D eigenvalue weighted by molar-refractivity contribution is 0.0986. The number of rotatable bonds is 5. The predicted octanol–water partition coefficient (Wildman–Crippen LogP) is 4.87. The van der Waals surface area contributed by atoms with Crippen molar-refractivity contribution in [3.63, 3.8) is 0 Å². The van der Waals surface area contributed by atoms with Gasteiger partial charge in [-0.3, -0.25) is 4.79 Å². The van der Waals surface area contributed by atoms with E-state index in [1.165, 1.54) is 11.3 Å². The van der Waals surface area contributed by atoms with Crippen molar-refractivity contribution in [2.45, 2.75) is 17.9 Å². The lowest BCUT2D eigenvalue weighted by Gasteiger charge is -2.23. The van der Waals surface area contributed by atoms with E-state index in [9.17, 15) is 4.79 Å². The number of thioether (sulfide) groups is 1. The van der Waals surface area contributed by atoms with Gasteiger partial charge in [0.05, 0.1) is 24.0 Å². The molecule has 144 valence electrons. The Morgan fingerprint density at radius 2 is 2.11 bits per heavy atom. The highest BCUT2D eigenvalue weighted by atomic mass is 32.2. The maximum absolute atomic E-state index is 13.3. The molecule has 1 amide bonds. The third-order valence-electron chi connectivity index (χ3n) is 4.45. The number of amides is 1. The number of ether oxygens (including phenoxy) is 2. The van der Waals surface area contributed by atoms with Gasteiger partial charge in [0, 0.05) is 22.4 Å². The number of benzene rings is 2. The van der Waals surface area contributed by atoms with Gasteiger partial charge in [0.25, 0.3) is 5.91 Å². The molecule has 7 heteroatoms. The molecule has 0 N–H and O–H groups in total. The predicted molar refractivity (Wildman–Crippen MR) is 113 cm³/mol. The smallest absolute Gasteiger partial charge is 0.258 e. The highest BCUT2D eigenvalue weighted by Gasteiger charge is 2.23. The maximum Gasteiger partial charge on any atom is 0.258 e. The number of methoxy groups -OCH3 is 1. The first-order valence-corrected chi connectivity index (χ1v) is 10.9. The molecule has 2 heterocycles. The van der Waals surface area contributed by atoms with Gasteiger partial charge in [-0.2, -0.15) is 0 Å². The SMILES string of the molecule is COc1cc(C(=O)N2CCCSc3ccccc32)ccc1OCc1cscn1. The second-order valence-corrected chi connectivity index (χ2v) is 8.12. The van der Waals surface area contributed by atoms with E-state index in [2.05, 4.69) is 11.1 Å². The first kappa shape index (κ1) is 18.8. The Hall–Kier alpha value is -2.51. The summed E-state index contributed by atoms with van der Waals surface area (Å²) >= 11 is 3.33. The molecule has 0 fully saturated rings. The largest absolute Gasteiger partial charge is 0.493 e. The summed E-state index contributed by atoms with van der Waals surface area (Å²) in [6.07, 6.45) is 0.955. The van der Waals surface area contributed by atoms with Crippen LogP contribution >= 0.6 is 23.1 Å². The van der Waals surface area contributed by atoms with Gasteiger partial charge >= 0.3 is 0 Å². The first-order chi connectivity index (χ1) is 13.8. The van der Waals surface area contributed by atoms with Crippen LogP contribution < -0.4 is 14.4 Å². The molecule has 1 aromatic heterocycles. The number of anilines is 1. The normalized spacial score (nSPS) is 13.5. The number of carbonyl (C=O) groups is 1. The zero-order chi connectivity index (χ0) is 19.3. The highest BCUT2D eigenvalue weighted by Crippen LogP contribution is 2.35. The van der Waals surface area contributed by atoms with Crippen LogP contribution in [0.2, 0.25) is 0 Å². The number of thiazole rings is 1. The molecule has 3 aromatic rings. The summed E-state index contributed by atoms with van der Waals surface area (Å²) in [5, 5.41) is 1.94. The summed E-state index contributed by atoms with van der Waals surface area (Å²) in [5.41, 5.74) is 4.19. The van der Waals surface area contributed by atoms with Crippen LogP contribution in [0.5, 0.6) is 11.5 Å². The van der Waals surface area contributed by atoms with Crippen LogP contribution in [0.1, 0.15) is 22.5 Å². The number of carbonyl (C=O) groups excluding carboxylic acids is 1. The molecule has 1 aliphatic heterocycles. The Balaban J connectivity index is 1.58. The van der Waals surface area contributed by atoms with Gasteiger partial charge in [-0.25, -0.2) is 4.98 Å². The molecule has 4 rings (SSSR count). The van der Waals surface area contributed by atoms with Gasteiger partial charge in [0.15, 0.2) is 11.5 Å². The zero-order valence-corrected chi connectivity index (χ0v) is 17.1. The maximum atomic E-state index is 13.3. The molecular formula is C21H20N2O3S2. The Morgan fingerprint density at radius 3 is 2.93 bits per heavy atom. The second kappa shape index (κ2) is 8.67. The summed E-state index contributed by atoms with van der Waals surface area (Å²) in [4.78, 5) is 20.5. The van der Waals surface area contributed by atoms with E-state index in [-0.39, 0.29) is 5.91 Å². The summed E-state index contributed by atoms with van der Waals surface area (Å²) in [7, 11) is 1.58. The van der Waals surface area contributed by atoms with Gasteiger partial charge in [-0.1, -0.05) is 12.1 Å². The lowest BCUT2D eigenvalue weighted by atomic mass is 10.1. The van der Waals surface area contributed by atoms with Crippen LogP contribution in [0.3, 0.4) is 0 Å². The topological polar surface area (TPSA) is 51.7 Å². The molecule has 0 aliphatic carbocycles. The summed E-state index contributed by atoms with van der Waals surface area (Å²) in [5.74, 6) is 2.12. The fourth-order valence-corrected chi connectivity index (χ4v) is 4.61. The minimum atomic E-state index is -0.0284. The van der Waals surface area contributed by atoms with Crippen molar-refractivity contribution in [1.82, 2.24) is 4.98 Å². The van der Waals surface area contributed by atoms with Crippen molar-refractivity contribution < 1.29 is 14.3 Å². The Kier molecular flexibility index (Phi) is 5.83. The highest BCUT2D eigenvalue weighted by molar-refractivity contribution is 7.99. The molecule has 1 aliphatic rings. The third kappa shape index (κ3) is 4.00. The summed E-state index contributed by atoms with van der Waals surface area (Å²) < 4.78 is 11.3. The summed E-state index contributed by atoms with van der Waals surface area (Å²) in [6, 6.07) is 13.4. The van der Waals surface area contributed by atoms with Crippen molar-refractivity contribution in [2.75, 3.05) is 24.3 Å². The lowest BCUT2D eigenvalue weighted by Crippen LogP contribution is -2.31. The quantitative estimate of drug-likeness (QED) is 0.598. The van der Waals surface area contributed by atoms with Gasteiger partial charge < -0.3 is 14.4 Å². The van der Waals surface area contributed by atoms with Crippen LogP contribution in [0.15, 0.2) is 58.3 Å². The average molecular weight is 413 g/mol. The van der Waals surface area contributed by atoms with E-state index in [1.807, 2.05) is 28.5 Å². The van der Waals surface area contributed by atoms with Crippen molar-refractivity contribution in [2.24, 2.45) is 0 Å². The molecule has 0 bridgehead atoms. The van der Waals surface area contributed by atoms with Gasteiger partial charge in [-0.15, -0.1) is 23.1 Å². The number of fused-ring (bicyclic) bond motifs is 1. The van der Waals surface area contributed by atoms with Crippen molar-refractivity contribution >= 4 is 34.7 Å². The van der Waals surface area contributed by atoms with Crippen molar-refractivity contribution in [1.29, 1.82) is 0 Å². The Labute approximate surface area is 172 Å². The molecule has 0 spiro atoms. The van der Waals surface area contributed by atoms with Crippen LogP contribution in [-0.2, 0) is 6.61 Å². The van der Waals surface area contributed by atoms with E-state index >= 15 is 0 Å². The standard InChI is InChI=1S/C21H20N2O3S2/c1-25-19-11-15(7-8-18(19)26-12-16-13-27-14-22-16)21(24)23-9-4-10-28-20-6-3-2-5-17(20)23/h2-3,5-8,11,13-14H,4,9-10,12H2,1H3. The fourth-order valence-electron chi connectivity index (χ4n) is 3.07. The van der Waals surface area contributed by atoms with E-state index in [0.29, 0.717) is 30.2 Å². The van der Waals surface area contributed by atoms with Crippen LogP contribution in [0.25, 0.3) is 0 Å². The monoisotopic (exact) mass is 412 g/mol. The minimum Gasteiger partial charge on any atom is -0.493 e. The average Bonchev–Trinajstić information content (AvgIpc) is 3.17. The number of aromatic nitrogens is 1. The number of para-hydroxylation sites is 1. The zero-order valence-electron chi connectivity index (χ0n) is 15.5. The van der Waals surface area contributed by atoms with Crippen LogP contribution in [0.4, 0.5) is 5.69 Å². The molecule has 2 aromatic carbocycles. The molecular weight excluding hydrogens is 392 g/mol. The molecule has 28 heavy (non-hydrogen) atoms. The third-order valence-corrected chi connectivity index (χ3v) is 6.24. The molecule has 5 nitrogen and oxygen atoms in total. The van der Waals surface area contributed by atoms with E-state index in [4.69, 9.17) is 9.47 Å².